The van der Waals surface area contributed by atoms with E-state index in [1.54, 1.807) is 30.3 Å². The Labute approximate surface area is 175 Å². The van der Waals surface area contributed by atoms with E-state index in [-0.39, 0.29) is 22.4 Å². The minimum Gasteiger partial charge on any atom is -0.490 e. The zero-order valence-corrected chi connectivity index (χ0v) is 18.0. The lowest BCUT2D eigenvalue weighted by atomic mass is 10.2. The van der Waals surface area contributed by atoms with Crippen molar-refractivity contribution in [3.8, 4) is 5.75 Å². The number of anilines is 1. The summed E-state index contributed by atoms with van der Waals surface area (Å²) in [6, 6.07) is 10.5. The van der Waals surface area contributed by atoms with Crippen molar-refractivity contribution in [3.05, 3.63) is 48.0 Å². The summed E-state index contributed by atoms with van der Waals surface area (Å²) in [6.07, 6.45) is -3.73. The molecule has 0 heterocycles. The molecule has 0 bridgehead atoms. The van der Waals surface area contributed by atoms with Crippen LogP contribution >= 0.6 is 11.8 Å². The van der Waals surface area contributed by atoms with Crippen LogP contribution in [-0.4, -0.2) is 29.8 Å². The number of thioether (sulfide) groups is 1. The fourth-order valence-corrected chi connectivity index (χ4v) is 4.31. The van der Waals surface area contributed by atoms with Gasteiger partial charge in [0.2, 0.25) is 0 Å². The van der Waals surface area contributed by atoms with Crippen LogP contribution in [0.15, 0.2) is 52.3 Å². The first kappa shape index (κ1) is 23.6. The van der Waals surface area contributed by atoms with E-state index in [2.05, 4.69) is 4.72 Å². The first-order valence-corrected chi connectivity index (χ1v) is 11.1. The van der Waals surface area contributed by atoms with Crippen molar-refractivity contribution in [2.45, 2.75) is 41.5 Å². The van der Waals surface area contributed by atoms with Crippen LogP contribution in [0.25, 0.3) is 0 Å². The van der Waals surface area contributed by atoms with Gasteiger partial charge >= 0.3 is 6.18 Å². The van der Waals surface area contributed by atoms with E-state index in [0.29, 0.717) is 17.3 Å². The van der Waals surface area contributed by atoms with E-state index < -0.39 is 22.7 Å². The molecule has 2 aromatic rings. The van der Waals surface area contributed by atoms with Gasteiger partial charge in [-0.05, 0) is 36.8 Å². The molecule has 0 radical (unpaired) electrons. The van der Waals surface area contributed by atoms with E-state index in [1.807, 2.05) is 13.8 Å². The number of methoxy groups -OCH3 is 1. The third-order valence-electron chi connectivity index (χ3n) is 4.01. The lowest BCUT2D eigenvalue weighted by molar-refractivity contribution is -0.137. The maximum absolute atomic E-state index is 13.6. The second kappa shape index (κ2) is 10.9. The van der Waals surface area contributed by atoms with Crippen LogP contribution in [0.2, 0.25) is 0 Å². The summed E-state index contributed by atoms with van der Waals surface area (Å²) in [4.78, 5) is 0.779. The summed E-state index contributed by atoms with van der Waals surface area (Å²) in [7, 11) is -0.413. The van der Waals surface area contributed by atoms with Gasteiger partial charge < -0.3 is 14.2 Å². The van der Waals surface area contributed by atoms with Gasteiger partial charge in [0, 0.05) is 17.3 Å². The average molecular weight is 448 g/mol. The zero-order valence-electron chi connectivity index (χ0n) is 16.4. The van der Waals surface area contributed by atoms with Crippen molar-refractivity contribution in [3.63, 3.8) is 0 Å². The maximum Gasteiger partial charge on any atom is 0.418 e. The first-order valence-electron chi connectivity index (χ1n) is 9.03. The molecule has 1 N–H and O–H groups in total. The van der Waals surface area contributed by atoms with Crippen molar-refractivity contribution < 1.29 is 26.9 Å². The van der Waals surface area contributed by atoms with E-state index >= 15 is 0 Å². The molecule has 4 nitrogen and oxygen atoms in total. The van der Waals surface area contributed by atoms with Gasteiger partial charge in [-0.3, -0.25) is 0 Å². The number of benzene rings is 2. The van der Waals surface area contributed by atoms with Crippen molar-refractivity contribution in [2.75, 3.05) is 25.0 Å². The van der Waals surface area contributed by atoms with E-state index in [4.69, 9.17) is 9.47 Å². The lowest BCUT2D eigenvalue weighted by Crippen LogP contribution is -2.14. The highest BCUT2D eigenvalue weighted by Gasteiger charge is 2.34. The quantitative estimate of drug-likeness (QED) is 0.372. The smallest absolute Gasteiger partial charge is 0.418 e. The fraction of sp³-hybridized carbons (Fsp3) is 0.400. The summed E-state index contributed by atoms with van der Waals surface area (Å²) in [5.41, 5.74) is -1.09. The van der Waals surface area contributed by atoms with Gasteiger partial charge in [-0.25, -0.2) is 4.21 Å². The van der Waals surface area contributed by atoms with Gasteiger partial charge in [-0.2, -0.15) is 13.2 Å². The molecule has 0 spiro atoms. The molecule has 9 heteroatoms. The molecule has 160 valence electrons. The zero-order chi connectivity index (χ0) is 21.4. The van der Waals surface area contributed by atoms with Crippen molar-refractivity contribution in [1.82, 2.24) is 0 Å². The lowest BCUT2D eigenvalue weighted by Gasteiger charge is -2.17. The van der Waals surface area contributed by atoms with Gasteiger partial charge in [0.25, 0.3) is 0 Å². The van der Waals surface area contributed by atoms with Crippen LogP contribution in [0.1, 0.15) is 25.8 Å². The Morgan fingerprint density at radius 1 is 1.17 bits per heavy atom. The minimum atomic E-state index is -4.58. The molecule has 0 fully saturated rings. The normalized spacial score (nSPS) is 13.7. The van der Waals surface area contributed by atoms with Gasteiger partial charge in [0.1, 0.15) is 17.3 Å². The SMILES string of the molecule is CCC(C)Sc1ccc(NS(=O)c2ccccc2OCCOC)c(C(F)(F)F)c1. The number of para-hydroxylation sites is 1. The van der Waals surface area contributed by atoms with Crippen LogP contribution in [0.3, 0.4) is 0 Å². The first-order chi connectivity index (χ1) is 13.8. The summed E-state index contributed by atoms with van der Waals surface area (Å²) < 4.78 is 66.5. The Morgan fingerprint density at radius 2 is 1.90 bits per heavy atom. The van der Waals surface area contributed by atoms with Crippen molar-refractivity contribution in [2.24, 2.45) is 0 Å². The standard InChI is InChI=1S/C20H24F3NO3S2/c1-4-14(2)28-15-9-10-17(16(13-15)20(21,22)23)24-29(25)19-8-6-5-7-18(19)27-12-11-26-3/h5-10,13-14,24H,4,11-12H2,1-3H3. The number of hydrogen-bond acceptors (Lipinski definition) is 4. The number of alkyl halides is 3. The number of ether oxygens (including phenoxy) is 2. The molecule has 0 aromatic heterocycles. The second-order valence-electron chi connectivity index (χ2n) is 6.20. The number of rotatable bonds is 10. The molecule has 2 unspecified atom stereocenters. The van der Waals surface area contributed by atoms with Gasteiger partial charge in [-0.1, -0.05) is 26.0 Å². The molecule has 2 rings (SSSR count). The number of halogens is 3. The Morgan fingerprint density at radius 3 is 2.55 bits per heavy atom. The highest BCUT2D eigenvalue weighted by Crippen LogP contribution is 2.39. The molecule has 0 saturated heterocycles. The predicted molar refractivity (Wildman–Crippen MR) is 111 cm³/mol. The van der Waals surface area contributed by atoms with E-state index in [1.165, 1.54) is 24.9 Å². The highest BCUT2D eigenvalue weighted by molar-refractivity contribution is 8.00. The number of nitrogens with one attached hydrogen (secondary N) is 1. The van der Waals surface area contributed by atoms with Crippen LogP contribution in [0.5, 0.6) is 5.75 Å². The van der Waals surface area contributed by atoms with Crippen LogP contribution in [0, 0.1) is 0 Å². The van der Waals surface area contributed by atoms with Gasteiger partial charge in [0.15, 0.2) is 11.0 Å². The number of hydrogen-bond donors (Lipinski definition) is 1. The van der Waals surface area contributed by atoms with Crippen LogP contribution in [0.4, 0.5) is 18.9 Å². The summed E-state index contributed by atoms with van der Waals surface area (Å²) in [5, 5.41) is 0.195. The van der Waals surface area contributed by atoms with E-state index in [9.17, 15) is 17.4 Å². The van der Waals surface area contributed by atoms with Crippen LogP contribution in [-0.2, 0) is 21.9 Å². The molecule has 29 heavy (non-hydrogen) atoms. The average Bonchev–Trinajstić information content (AvgIpc) is 2.68. The summed E-state index contributed by atoms with van der Waals surface area (Å²) in [5.74, 6) is 0.327. The molecule has 0 amide bonds. The van der Waals surface area contributed by atoms with Gasteiger partial charge in [-0.15, -0.1) is 11.8 Å². The highest BCUT2D eigenvalue weighted by atomic mass is 32.2. The third kappa shape index (κ3) is 6.94. The summed E-state index contributed by atoms with van der Waals surface area (Å²) >= 11 is 1.38. The Bertz CT molecular complexity index is 831. The van der Waals surface area contributed by atoms with Gasteiger partial charge in [0.05, 0.1) is 17.9 Å². The topological polar surface area (TPSA) is 47.6 Å². The molecule has 2 aromatic carbocycles. The summed E-state index contributed by atoms with van der Waals surface area (Å²) in [6.45, 7) is 4.51. The third-order valence-corrected chi connectivity index (χ3v) is 6.41. The molecule has 0 aliphatic carbocycles. The Balaban J connectivity index is 2.28. The predicted octanol–water partition coefficient (Wildman–Crippen LogP) is 5.76. The van der Waals surface area contributed by atoms with Crippen LogP contribution < -0.4 is 9.46 Å². The molecular weight excluding hydrogens is 423 g/mol. The Hall–Kier alpha value is -1.71. The second-order valence-corrected chi connectivity index (χ2v) is 8.89. The monoisotopic (exact) mass is 447 g/mol. The van der Waals surface area contributed by atoms with E-state index in [0.717, 1.165) is 12.5 Å². The Kier molecular flexibility index (Phi) is 8.85. The maximum atomic E-state index is 13.6. The fourth-order valence-electron chi connectivity index (χ4n) is 2.35. The molecular formula is C20H24F3NO3S2. The largest absolute Gasteiger partial charge is 0.490 e. The van der Waals surface area contributed by atoms with Crippen molar-refractivity contribution >= 4 is 28.4 Å². The molecule has 0 aliphatic heterocycles. The minimum absolute atomic E-state index is 0.195. The molecule has 0 aliphatic rings. The van der Waals surface area contributed by atoms with Crippen molar-refractivity contribution in [1.29, 1.82) is 0 Å². The molecule has 0 saturated carbocycles. The molecule has 2 atom stereocenters.